The van der Waals surface area contributed by atoms with E-state index in [1.165, 1.54) is 22.9 Å². The number of carbonyl (C=O) groups is 2. The van der Waals surface area contributed by atoms with Gasteiger partial charge in [-0.3, -0.25) is 14.5 Å². The van der Waals surface area contributed by atoms with E-state index in [9.17, 15) is 18.4 Å². The van der Waals surface area contributed by atoms with Crippen LogP contribution in [0.25, 0.3) is 0 Å². The molecule has 4 aliphatic rings. The van der Waals surface area contributed by atoms with Gasteiger partial charge in [0.1, 0.15) is 18.1 Å². The van der Waals surface area contributed by atoms with Crippen molar-refractivity contribution in [1.82, 2.24) is 9.80 Å². The minimum absolute atomic E-state index is 0.00716. The molecule has 5 rings (SSSR count). The van der Waals surface area contributed by atoms with Crippen LogP contribution in [-0.4, -0.2) is 73.1 Å². The summed E-state index contributed by atoms with van der Waals surface area (Å²) in [4.78, 5) is 30.0. The van der Waals surface area contributed by atoms with Gasteiger partial charge >= 0.3 is 0 Å². The number of fused-ring (bicyclic) bond motifs is 2. The number of hydrogen-bond acceptors (Lipinski definition) is 4. The first-order valence-corrected chi connectivity index (χ1v) is 14.1. The molecule has 7 heteroatoms. The predicted molar refractivity (Wildman–Crippen MR) is 142 cm³/mol. The predicted octanol–water partition coefficient (Wildman–Crippen LogP) is 4.98. The normalized spacial score (nSPS) is 30.6. The fourth-order valence-corrected chi connectivity index (χ4v) is 7.07. The highest BCUT2D eigenvalue weighted by atomic mass is 19.1. The van der Waals surface area contributed by atoms with Crippen LogP contribution in [0.2, 0.25) is 0 Å². The number of carbonyl (C=O) groups excluding carboxylic acids is 2. The van der Waals surface area contributed by atoms with E-state index in [1.54, 1.807) is 0 Å². The van der Waals surface area contributed by atoms with Gasteiger partial charge in [0, 0.05) is 56.0 Å². The molecule has 0 saturated carbocycles. The Morgan fingerprint density at radius 2 is 1.95 bits per heavy atom. The monoisotopic (exact) mass is 513 g/mol. The number of anilines is 1. The number of allylic oxidation sites excluding steroid dienone is 2. The van der Waals surface area contributed by atoms with E-state index in [-0.39, 0.29) is 36.5 Å². The Labute approximate surface area is 219 Å². The number of hydrogen-bond donors (Lipinski definition) is 1. The largest absolute Gasteiger partial charge is 0.384 e. The SMILES string of the molecule is Cc1ccc2c(c1)NC[C@@]21CCN(CC(=O)C2CCN(C(=O)CCC3=CC(F)CC(F)C3)CC2)C[C@@H]1C. The number of nitrogens with zero attached hydrogens (tertiary/aromatic N) is 2. The van der Waals surface area contributed by atoms with Crippen LogP contribution in [0.1, 0.15) is 63.0 Å². The molecule has 2 fully saturated rings. The van der Waals surface area contributed by atoms with Crippen LogP contribution in [0.3, 0.4) is 0 Å². The second-order valence-electron chi connectivity index (χ2n) is 11.9. The summed E-state index contributed by atoms with van der Waals surface area (Å²) in [5.41, 5.74) is 4.85. The second kappa shape index (κ2) is 10.8. The Morgan fingerprint density at radius 3 is 2.68 bits per heavy atom. The Hall–Kier alpha value is -2.28. The number of piperidine rings is 2. The summed E-state index contributed by atoms with van der Waals surface area (Å²) in [6.07, 6.45) is 2.45. The lowest BCUT2D eigenvalue weighted by Crippen LogP contribution is -2.52. The van der Waals surface area contributed by atoms with Crippen molar-refractivity contribution in [2.75, 3.05) is 44.6 Å². The van der Waals surface area contributed by atoms with Crippen molar-refractivity contribution in [3.63, 3.8) is 0 Å². The molecule has 3 aliphatic heterocycles. The van der Waals surface area contributed by atoms with Gasteiger partial charge < -0.3 is 10.2 Å². The van der Waals surface area contributed by atoms with Crippen molar-refractivity contribution in [3.05, 3.63) is 41.0 Å². The standard InChI is InChI=1S/C30H41F2N3O2/c1-20-3-5-26-27(13-20)33-19-30(26)9-12-34(17-21(30)2)18-28(36)23-7-10-35(11-8-23)29(37)6-4-22-14-24(31)16-25(32)15-22/h3,5,13-14,21,23-25,33H,4,6-12,15-19H2,1-2H3/t21-,24?,25?,30+/m0/s1. The first-order chi connectivity index (χ1) is 17.7. The highest BCUT2D eigenvalue weighted by Crippen LogP contribution is 2.47. The van der Waals surface area contributed by atoms with Gasteiger partial charge in [-0.25, -0.2) is 8.78 Å². The number of halogens is 2. The fourth-order valence-electron chi connectivity index (χ4n) is 7.07. The van der Waals surface area contributed by atoms with Crippen LogP contribution in [0.15, 0.2) is 29.8 Å². The van der Waals surface area contributed by atoms with Crippen LogP contribution < -0.4 is 5.32 Å². The van der Waals surface area contributed by atoms with Crippen molar-refractivity contribution >= 4 is 17.4 Å². The Kier molecular flexibility index (Phi) is 7.71. The van der Waals surface area contributed by atoms with E-state index >= 15 is 0 Å². The maximum absolute atomic E-state index is 13.6. The number of amides is 1. The number of benzene rings is 1. The molecule has 4 atom stereocenters. The van der Waals surface area contributed by atoms with Gasteiger partial charge in [-0.05, 0) is 68.7 Å². The molecule has 0 radical (unpaired) electrons. The maximum atomic E-state index is 13.6. The summed E-state index contributed by atoms with van der Waals surface area (Å²) in [6.45, 7) is 8.95. The molecule has 37 heavy (non-hydrogen) atoms. The van der Waals surface area contributed by atoms with Gasteiger partial charge in [0.15, 0.2) is 0 Å². The molecule has 2 unspecified atom stereocenters. The second-order valence-corrected chi connectivity index (χ2v) is 11.9. The molecule has 202 valence electrons. The highest BCUT2D eigenvalue weighted by molar-refractivity contribution is 5.83. The molecule has 1 N–H and O–H groups in total. The number of rotatable bonds is 6. The van der Waals surface area contributed by atoms with Crippen molar-refractivity contribution < 1.29 is 18.4 Å². The highest BCUT2D eigenvalue weighted by Gasteiger charge is 2.46. The van der Waals surface area contributed by atoms with Crippen LogP contribution in [0, 0.1) is 18.8 Å². The first kappa shape index (κ1) is 26.3. The van der Waals surface area contributed by atoms with Crippen molar-refractivity contribution in [2.24, 2.45) is 11.8 Å². The molecule has 1 aliphatic carbocycles. The van der Waals surface area contributed by atoms with Gasteiger partial charge in [0.2, 0.25) is 5.91 Å². The zero-order valence-electron chi connectivity index (χ0n) is 22.3. The third kappa shape index (κ3) is 5.62. The summed E-state index contributed by atoms with van der Waals surface area (Å²) >= 11 is 0. The molecule has 0 bridgehead atoms. The maximum Gasteiger partial charge on any atom is 0.222 e. The summed E-state index contributed by atoms with van der Waals surface area (Å²) in [6, 6.07) is 6.74. The Morgan fingerprint density at radius 1 is 1.16 bits per heavy atom. The Bertz CT molecular complexity index is 1050. The lowest BCUT2D eigenvalue weighted by molar-refractivity contribution is -0.135. The number of nitrogens with one attached hydrogen (secondary N) is 1. The van der Waals surface area contributed by atoms with Crippen LogP contribution in [0.4, 0.5) is 14.5 Å². The molecule has 2 saturated heterocycles. The van der Waals surface area contributed by atoms with E-state index in [2.05, 4.69) is 42.3 Å². The number of likely N-dealkylation sites (tertiary alicyclic amines) is 2. The molecule has 0 aromatic heterocycles. The van der Waals surface area contributed by atoms with Gasteiger partial charge in [0.25, 0.3) is 0 Å². The van der Waals surface area contributed by atoms with E-state index in [1.807, 2.05) is 4.90 Å². The minimum Gasteiger partial charge on any atom is -0.384 e. The van der Waals surface area contributed by atoms with Gasteiger partial charge in [-0.1, -0.05) is 30.7 Å². The summed E-state index contributed by atoms with van der Waals surface area (Å²) in [5.74, 6) is 0.794. The van der Waals surface area contributed by atoms with Gasteiger partial charge in [0.05, 0.1) is 6.54 Å². The van der Waals surface area contributed by atoms with Gasteiger partial charge in [-0.15, -0.1) is 0 Å². The number of aryl methyl sites for hydroxylation is 1. The average Bonchev–Trinajstić information content (AvgIpc) is 3.23. The third-order valence-corrected chi connectivity index (χ3v) is 9.38. The molecular weight excluding hydrogens is 472 g/mol. The minimum atomic E-state index is -1.24. The first-order valence-electron chi connectivity index (χ1n) is 14.1. The zero-order valence-corrected chi connectivity index (χ0v) is 22.3. The molecule has 1 spiro atoms. The molecule has 1 aromatic carbocycles. The van der Waals surface area contributed by atoms with E-state index in [0.717, 1.165) is 26.1 Å². The summed E-state index contributed by atoms with van der Waals surface area (Å²) in [7, 11) is 0. The molecule has 3 heterocycles. The average molecular weight is 514 g/mol. The van der Waals surface area contributed by atoms with Crippen LogP contribution in [0.5, 0.6) is 0 Å². The van der Waals surface area contributed by atoms with E-state index in [4.69, 9.17) is 0 Å². The lowest BCUT2D eigenvalue weighted by Gasteiger charge is -2.45. The number of Topliss-reactive ketones (excluding diaryl/α,β-unsaturated/α-hetero) is 1. The summed E-state index contributed by atoms with van der Waals surface area (Å²) in [5, 5.41) is 3.63. The lowest BCUT2D eigenvalue weighted by atomic mass is 9.67. The van der Waals surface area contributed by atoms with Gasteiger partial charge in [-0.2, -0.15) is 0 Å². The van der Waals surface area contributed by atoms with Crippen molar-refractivity contribution in [2.45, 2.75) is 76.6 Å². The van der Waals surface area contributed by atoms with Crippen molar-refractivity contribution in [1.29, 1.82) is 0 Å². The molecule has 1 aromatic rings. The summed E-state index contributed by atoms with van der Waals surface area (Å²) < 4.78 is 27.2. The third-order valence-electron chi connectivity index (χ3n) is 9.38. The fraction of sp³-hybridized carbons (Fsp3) is 0.667. The molecule has 5 nitrogen and oxygen atoms in total. The van der Waals surface area contributed by atoms with Crippen LogP contribution >= 0.6 is 0 Å². The van der Waals surface area contributed by atoms with Crippen LogP contribution in [-0.2, 0) is 15.0 Å². The molecule has 1 amide bonds. The smallest absolute Gasteiger partial charge is 0.222 e. The molecular formula is C30H41F2N3O2. The zero-order chi connectivity index (χ0) is 26.2. The number of ketones is 1. The van der Waals surface area contributed by atoms with E-state index in [0.29, 0.717) is 56.2 Å². The topological polar surface area (TPSA) is 52.7 Å². The Balaban J connectivity index is 1.07. The quantitative estimate of drug-likeness (QED) is 0.545. The van der Waals surface area contributed by atoms with Crippen molar-refractivity contribution in [3.8, 4) is 0 Å². The number of alkyl halides is 2. The van der Waals surface area contributed by atoms with E-state index < -0.39 is 12.3 Å².